The van der Waals surface area contributed by atoms with Crippen LogP contribution in [0.3, 0.4) is 0 Å². The van der Waals surface area contributed by atoms with Crippen LogP contribution in [0.2, 0.25) is 10.0 Å². The number of nitrogens with one attached hydrogen (secondary N) is 2. The van der Waals surface area contributed by atoms with Gasteiger partial charge in [0.1, 0.15) is 11.6 Å². The highest BCUT2D eigenvalue weighted by Gasteiger charge is 2.11. The molecule has 1 amide bonds. The molecule has 0 atom stereocenters. The second-order valence-electron chi connectivity index (χ2n) is 5.13. The van der Waals surface area contributed by atoms with Crippen molar-refractivity contribution in [1.29, 1.82) is 0 Å². The van der Waals surface area contributed by atoms with Gasteiger partial charge in [0.05, 0.1) is 21.3 Å². The third kappa shape index (κ3) is 4.25. The molecule has 2 N–H and O–H groups in total. The molecular weight excluding hydrogens is 385 g/mol. The van der Waals surface area contributed by atoms with Gasteiger partial charge >= 0.3 is 0 Å². The van der Waals surface area contributed by atoms with Crippen LogP contribution in [0.5, 0.6) is 0 Å². The smallest absolute Gasteiger partial charge is 0.258 e. The van der Waals surface area contributed by atoms with E-state index in [1.54, 1.807) is 18.2 Å². The van der Waals surface area contributed by atoms with E-state index in [2.05, 4.69) is 20.6 Å². The SMILES string of the molecule is O=C(Nc1ccc(F)cc1F)c1cnc(Nc2ccc(Cl)c(Cl)c2)nc1. The molecule has 1 heterocycles. The number of amides is 1. The molecule has 26 heavy (non-hydrogen) atoms. The van der Waals surface area contributed by atoms with Gasteiger partial charge < -0.3 is 10.6 Å². The van der Waals surface area contributed by atoms with Gasteiger partial charge in [-0.25, -0.2) is 18.7 Å². The molecule has 132 valence electrons. The maximum atomic E-state index is 13.6. The third-order valence-electron chi connectivity index (χ3n) is 3.27. The molecule has 0 saturated carbocycles. The average molecular weight is 395 g/mol. The van der Waals surface area contributed by atoms with Crippen molar-refractivity contribution >= 4 is 46.4 Å². The molecule has 0 spiro atoms. The van der Waals surface area contributed by atoms with Crippen molar-refractivity contribution in [1.82, 2.24) is 9.97 Å². The third-order valence-corrected chi connectivity index (χ3v) is 4.01. The maximum absolute atomic E-state index is 13.6. The summed E-state index contributed by atoms with van der Waals surface area (Å²) >= 11 is 11.8. The van der Waals surface area contributed by atoms with Crippen molar-refractivity contribution in [2.45, 2.75) is 0 Å². The summed E-state index contributed by atoms with van der Waals surface area (Å²) in [6.07, 6.45) is 2.53. The lowest BCUT2D eigenvalue weighted by atomic mass is 10.2. The Morgan fingerprint density at radius 1 is 0.962 bits per heavy atom. The minimum Gasteiger partial charge on any atom is -0.324 e. The lowest BCUT2D eigenvalue weighted by Gasteiger charge is -2.08. The zero-order valence-electron chi connectivity index (χ0n) is 12.9. The lowest BCUT2D eigenvalue weighted by Crippen LogP contribution is -2.14. The average Bonchev–Trinajstić information content (AvgIpc) is 2.61. The number of nitrogens with zero attached hydrogens (tertiary/aromatic N) is 2. The molecule has 1 aromatic heterocycles. The second kappa shape index (κ2) is 7.63. The van der Waals surface area contributed by atoms with Crippen LogP contribution >= 0.6 is 23.2 Å². The Morgan fingerprint density at radius 3 is 2.35 bits per heavy atom. The van der Waals surface area contributed by atoms with E-state index in [9.17, 15) is 13.6 Å². The number of hydrogen-bond donors (Lipinski definition) is 2. The molecule has 0 saturated heterocycles. The molecule has 0 aliphatic heterocycles. The van der Waals surface area contributed by atoms with Gasteiger partial charge in [-0.05, 0) is 30.3 Å². The number of benzene rings is 2. The van der Waals surface area contributed by atoms with Gasteiger partial charge in [0, 0.05) is 24.1 Å². The molecule has 0 bridgehead atoms. The van der Waals surface area contributed by atoms with Crippen LogP contribution in [0.25, 0.3) is 0 Å². The Balaban J connectivity index is 1.70. The number of anilines is 3. The minimum absolute atomic E-state index is 0.105. The predicted molar refractivity (Wildman–Crippen MR) is 96.1 cm³/mol. The number of hydrogen-bond acceptors (Lipinski definition) is 4. The van der Waals surface area contributed by atoms with Gasteiger partial charge in [-0.1, -0.05) is 23.2 Å². The van der Waals surface area contributed by atoms with Crippen LogP contribution in [0, 0.1) is 11.6 Å². The van der Waals surface area contributed by atoms with Gasteiger partial charge in [0.25, 0.3) is 5.91 Å². The molecule has 3 rings (SSSR count). The first-order chi connectivity index (χ1) is 12.4. The summed E-state index contributed by atoms with van der Waals surface area (Å²) in [5.41, 5.74) is 0.577. The quantitative estimate of drug-likeness (QED) is 0.648. The summed E-state index contributed by atoms with van der Waals surface area (Å²) in [7, 11) is 0. The van der Waals surface area contributed by atoms with Crippen LogP contribution in [0.4, 0.5) is 26.1 Å². The summed E-state index contributed by atoms with van der Waals surface area (Å²) in [4.78, 5) is 20.1. The van der Waals surface area contributed by atoms with E-state index in [1.165, 1.54) is 12.4 Å². The minimum atomic E-state index is -0.878. The molecule has 5 nitrogen and oxygen atoms in total. The summed E-state index contributed by atoms with van der Waals surface area (Å²) in [5, 5.41) is 6.01. The van der Waals surface area contributed by atoms with E-state index in [-0.39, 0.29) is 17.2 Å². The van der Waals surface area contributed by atoms with Gasteiger partial charge in [-0.15, -0.1) is 0 Å². The highest BCUT2D eigenvalue weighted by molar-refractivity contribution is 6.42. The van der Waals surface area contributed by atoms with Crippen molar-refractivity contribution in [3.05, 3.63) is 76.0 Å². The van der Waals surface area contributed by atoms with Crippen LogP contribution in [0.15, 0.2) is 48.8 Å². The molecular formula is C17H10Cl2F2N4O. The Kier molecular flexibility index (Phi) is 5.29. The Morgan fingerprint density at radius 2 is 1.69 bits per heavy atom. The molecule has 0 aliphatic rings. The van der Waals surface area contributed by atoms with E-state index in [4.69, 9.17) is 23.2 Å². The van der Waals surface area contributed by atoms with Crippen LogP contribution in [-0.2, 0) is 0 Å². The number of halogens is 4. The highest BCUT2D eigenvalue weighted by Crippen LogP contribution is 2.26. The monoisotopic (exact) mass is 394 g/mol. The van der Waals surface area contributed by atoms with Gasteiger partial charge in [0.2, 0.25) is 5.95 Å². The first-order valence-corrected chi connectivity index (χ1v) is 7.98. The lowest BCUT2D eigenvalue weighted by molar-refractivity contribution is 0.102. The summed E-state index contributed by atoms with van der Waals surface area (Å²) in [6, 6.07) is 7.76. The fourth-order valence-electron chi connectivity index (χ4n) is 2.00. The number of rotatable bonds is 4. The van der Waals surface area contributed by atoms with E-state index in [0.29, 0.717) is 21.8 Å². The van der Waals surface area contributed by atoms with Crippen molar-refractivity contribution in [2.75, 3.05) is 10.6 Å². The molecule has 0 fully saturated rings. The first-order valence-electron chi connectivity index (χ1n) is 7.23. The number of aromatic nitrogens is 2. The molecule has 0 radical (unpaired) electrons. The van der Waals surface area contributed by atoms with Crippen LogP contribution in [0.1, 0.15) is 10.4 Å². The van der Waals surface area contributed by atoms with Gasteiger partial charge in [0.15, 0.2) is 0 Å². The van der Waals surface area contributed by atoms with Crippen molar-refractivity contribution in [2.24, 2.45) is 0 Å². The first kappa shape index (κ1) is 18.0. The van der Waals surface area contributed by atoms with Gasteiger partial charge in [-0.2, -0.15) is 0 Å². The topological polar surface area (TPSA) is 66.9 Å². The standard InChI is InChI=1S/C17H10Cl2F2N4O/c18-12-3-2-11(6-13(12)19)24-17-22-7-9(8-23-17)16(26)25-15-4-1-10(20)5-14(15)21/h1-8H,(H,25,26)(H,22,23,24). The zero-order chi connectivity index (χ0) is 18.7. The summed E-state index contributed by atoms with van der Waals surface area (Å²) in [6.45, 7) is 0. The Labute approximate surface area is 157 Å². The van der Waals surface area contributed by atoms with Crippen LogP contribution < -0.4 is 10.6 Å². The maximum Gasteiger partial charge on any atom is 0.258 e. The second-order valence-corrected chi connectivity index (χ2v) is 5.94. The van der Waals surface area contributed by atoms with E-state index < -0.39 is 17.5 Å². The van der Waals surface area contributed by atoms with E-state index in [0.717, 1.165) is 12.1 Å². The fraction of sp³-hybridized carbons (Fsp3) is 0. The molecule has 9 heteroatoms. The van der Waals surface area contributed by atoms with Crippen molar-refractivity contribution in [3.63, 3.8) is 0 Å². The Hall–Kier alpha value is -2.77. The van der Waals surface area contributed by atoms with E-state index >= 15 is 0 Å². The van der Waals surface area contributed by atoms with Crippen LogP contribution in [-0.4, -0.2) is 15.9 Å². The van der Waals surface area contributed by atoms with Crippen molar-refractivity contribution in [3.8, 4) is 0 Å². The predicted octanol–water partition coefficient (Wildman–Crippen LogP) is 5.06. The van der Waals surface area contributed by atoms with Crippen molar-refractivity contribution < 1.29 is 13.6 Å². The number of carbonyl (C=O) groups is 1. The van der Waals surface area contributed by atoms with E-state index in [1.807, 2.05) is 0 Å². The normalized spacial score (nSPS) is 10.5. The number of carbonyl (C=O) groups excluding carboxylic acids is 1. The molecule has 0 unspecified atom stereocenters. The largest absolute Gasteiger partial charge is 0.324 e. The molecule has 3 aromatic rings. The Bertz CT molecular complexity index is 967. The summed E-state index contributed by atoms with van der Waals surface area (Å²) in [5.74, 6) is -2.01. The fourth-order valence-corrected chi connectivity index (χ4v) is 2.30. The van der Waals surface area contributed by atoms with Gasteiger partial charge in [-0.3, -0.25) is 4.79 Å². The summed E-state index contributed by atoms with van der Waals surface area (Å²) < 4.78 is 26.5. The zero-order valence-corrected chi connectivity index (χ0v) is 14.4. The highest BCUT2D eigenvalue weighted by atomic mass is 35.5. The molecule has 2 aromatic carbocycles. The molecule has 0 aliphatic carbocycles.